The smallest absolute Gasteiger partial charge is 0.263 e. The van der Waals surface area contributed by atoms with E-state index in [0.29, 0.717) is 6.42 Å². The van der Waals surface area contributed by atoms with Crippen molar-refractivity contribution >= 4 is 41.6 Å². The van der Waals surface area contributed by atoms with Gasteiger partial charge in [-0.3, -0.25) is 19.9 Å². The molecule has 6 aromatic rings. The molecule has 11 heteroatoms. The summed E-state index contributed by atoms with van der Waals surface area (Å²) in [7, 11) is -3.04. The quantitative estimate of drug-likeness (QED) is 0.119. The second-order valence-electron chi connectivity index (χ2n) is 18.0. The van der Waals surface area contributed by atoms with Crippen LogP contribution < -0.4 is 21.2 Å². The Bertz CT molecular complexity index is 2440. The second kappa shape index (κ2) is 16.8. The van der Waals surface area contributed by atoms with E-state index in [1.165, 1.54) is 0 Å². The van der Waals surface area contributed by atoms with Crippen molar-refractivity contribution in [2.45, 2.75) is 90.9 Å². The molecule has 1 saturated heterocycles. The Balaban J connectivity index is 1.39. The molecule has 4 aromatic carbocycles. The van der Waals surface area contributed by atoms with Gasteiger partial charge in [0, 0.05) is 18.5 Å². The van der Waals surface area contributed by atoms with E-state index in [4.69, 9.17) is 18.9 Å². The van der Waals surface area contributed by atoms with Gasteiger partial charge in [-0.05, 0) is 32.0 Å². The molecule has 310 valence electrons. The standard InChI is InChI=1S/C49H55N5O5Si/c1-33(2)44(55)52-46-51-43-42(45(56)53-46)34(30-50)31-54(43)41-29-39(59-49(47(3,4)5,35-21-13-9-14-22-35)36-23-15-10-16-24-36)40(58-41)32-57-60(48(6,7)8,37-25-17-11-18-26-37)38-27-19-12-20-28-38/h9-28,31,33,39-41H,29,32H2,1-8H3,(H2,51,52,53,55,56)/t39-,40+,41+/m0/s1. The fourth-order valence-electron chi connectivity index (χ4n) is 8.81. The largest absolute Gasteiger partial charge is 0.405 e. The first-order valence-corrected chi connectivity index (χ1v) is 22.6. The number of amides is 1. The monoisotopic (exact) mass is 821 g/mol. The lowest BCUT2D eigenvalue weighted by molar-refractivity contribution is -0.155. The molecule has 3 heterocycles. The predicted molar refractivity (Wildman–Crippen MR) is 239 cm³/mol. The Hall–Kier alpha value is -5.64. The minimum Gasteiger partial charge on any atom is -0.405 e. The van der Waals surface area contributed by atoms with Gasteiger partial charge in [-0.15, -0.1) is 0 Å². The first-order chi connectivity index (χ1) is 28.6. The lowest BCUT2D eigenvalue weighted by atomic mass is 9.68. The van der Waals surface area contributed by atoms with E-state index >= 15 is 0 Å². The molecular formula is C49H55N5O5Si. The van der Waals surface area contributed by atoms with Crippen LogP contribution in [0.2, 0.25) is 5.04 Å². The highest BCUT2D eigenvalue weighted by molar-refractivity contribution is 6.99. The van der Waals surface area contributed by atoms with Crippen molar-refractivity contribution in [2.24, 2.45) is 11.3 Å². The maximum absolute atomic E-state index is 13.6. The summed E-state index contributed by atoms with van der Waals surface area (Å²) in [6, 6.07) is 43.8. The molecule has 1 fully saturated rings. The van der Waals surface area contributed by atoms with Crippen LogP contribution in [-0.4, -0.2) is 47.6 Å². The van der Waals surface area contributed by atoms with Gasteiger partial charge >= 0.3 is 0 Å². The molecule has 0 saturated carbocycles. The molecule has 0 spiro atoms. The molecule has 1 aliphatic rings. The number of nitrogens with one attached hydrogen (secondary N) is 2. The van der Waals surface area contributed by atoms with E-state index in [1.54, 1.807) is 24.6 Å². The van der Waals surface area contributed by atoms with E-state index in [9.17, 15) is 14.9 Å². The number of carbonyl (C=O) groups is 1. The number of rotatable bonds is 12. The highest BCUT2D eigenvalue weighted by Gasteiger charge is 2.54. The van der Waals surface area contributed by atoms with E-state index in [-0.39, 0.29) is 46.0 Å². The number of fused-ring (bicyclic) bond motifs is 1. The Morgan fingerprint density at radius 1 is 0.883 bits per heavy atom. The number of hydrogen-bond acceptors (Lipinski definition) is 7. The van der Waals surface area contributed by atoms with Crippen LogP contribution in [0.1, 0.15) is 84.7 Å². The third-order valence-corrected chi connectivity index (χ3v) is 16.7. The number of H-pyrrole nitrogens is 1. The van der Waals surface area contributed by atoms with Gasteiger partial charge in [0.1, 0.15) is 29.4 Å². The molecule has 1 amide bonds. The van der Waals surface area contributed by atoms with Gasteiger partial charge in [0.15, 0.2) is 5.65 Å². The van der Waals surface area contributed by atoms with Crippen molar-refractivity contribution in [2.75, 3.05) is 11.9 Å². The summed E-state index contributed by atoms with van der Waals surface area (Å²) in [6.45, 7) is 17.0. The topological polar surface area (TPSA) is 131 Å². The third kappa shape index (κ3) is 7.76. The minimum atomic E-state index is -3.04. The number of nitrogens with zero attached hydrogens (tertiary/aromatic N) is 3. The zero-order valence-electron chi connectivity index (χ0n) is 35.7. The molecule has 0 unspecified atom stereocenters. The Morgan fingerprint density at radius 3 is 1.87 bits per heavy atom. The number of aromatic nitrogens is 3. The first-order valence-electron chi connectivity index (χ1n) is 20.7. The predicted octanol–water partition coefficient (Wildman–Crippen LogP) is 8.43. The molecule has 3 atom stereocenters. The van der Waals surface area contributed by atoms with Crippen molar-refractivity contribution < 1.29 is 18.7 Å². The molecule has 10 nitrogen and oxygen atoms in total. The maximum Gasteiger partial charge on any atom is 0.263 e. The summed E-state index contributed by atoms with van der Waals surface area (Å²) >= 11 is 0. The van der Waals surface area contributed by atoms with Gasteiger partial charge in [0.05, 0.1) is 18.3 Å². The molecule has 7 rings (SSSR count). The van der Waals surface area contributed by atoms with Gasteiger partial charge in [-0.2, -0.15) is 10.2 Å². The Kier molecular flexibility index (Phi) is 11.9. The highest BCUT2D eigenvalue weighted by atomic mass is 28.4. The number of anilines is 1. The second-order valence-corrected chi connectivity index (χ2v) is 22.3. The number of carbonyl (C=O) groups excluding carboxylic acids is 1. The summed E-state index contributed by atoms with van der Waals surface area (Å²) < 4.78 is 24.1. The van der Waals surface area contributed by atoms with Crippen LogP contribution in [-0.2, 0) is 24.3 Å². The van der Waals surface area contributed by atoms with Gasteiger partial charge in [-0.25, -0.2) is 0 Å². The molecule has 0 aliphatic carbocycles. The molecule has 0 radical (unpaired) electrons. The summed E-state index contributed by atoms with van der Waals surface area (Å²) in [6.07, 6.45) is 0.0519. The minimum absolute atomic E-state index is 0.00712. The van der Waals surface area contributed by atoms with Crippen molar-refractivity contribution in [1.29, 1.82) is 5.26 Å². The van der Waals surface area contributed by atoms with Gasteiger partial charge in [0.25, 0.3) is 13.9 Å². The number of ether oxygens (including phenoxy) is 2. The molecular weight excluding hydrogens is 767 g/mol. The van der Waals surface area contributed by atoms with Crippen LogP contribution >= 0.6 is 0 Å². The van der Waals surface area contributed by atoms with E-state index in [0.717, 1.165) is 21.5 Å². The van der Waals surface area contributed by atoms with Crippen molar-refractivity contribution in [3.05, 3.63) is 155 Å². The summed E-state index contributed by atoms with van der Waals surface area (Å²) in [5.74, 6) is -0.660. The van der Waals surface area contributed by atoms with Crippen molar-refractivity contribution in [3.63, 3.8) is 0 Å². The van der Waals surface area contributed by atoms with Crippen LogP contribution in [0.5, 0.6) is 0 Å². The lowest BCUT2D eigenvalue weighted by Crippen LogP contribution is -2.67. The van der Waals surface area contributed by atoms with Gasteiger partial charge in [0.2, 0.25) is 11.9 Å². The number of aromatic amines is 1. The van der Waals surface area contributed by atoms with E-state index < -0.39 is 43.3 Å². The fraction of sp³-hybridized carbons (Fsp3) is 0.347. The summed E-state index contributed by atoms with van der Waals surface area (Å²) in [5.41, 5.74) is 0.405. The van der Waals surface area contributed by atoms with E-state index in [1.807, 2.05) is 48.5 Å². The van der Waals surface area contributed by atoms with Gasteiger partial charge < -0.3 is 18.5 Å². The normalized spacial score (nSPS) is 17.5. The maximum atomic E-state index is 13.6. The number of nitriles is 1. The molecule has 60 heavy (non-hydrogen) atoms. The molecule has 2 aromatic heterocycles. The first kappa shape index (κ1) is 42.5. The lowest BCUT2D eigenvalue weighted by Gasteiger charge is -2.48. The zero-order valence-corrected chi connectivity index (χ0v) is 36.7. The van der Waals surface area contributed by atoms with E-state index in [2.05, 4.69) is 131 Å². The molecule has 1 aliphatic heterocycles. The zero-order chi connectivity index (χ0) is 42.9. The van der Waals surface area contributed by atoms with Gasteiger partial charge in [-0.1, -0.05) is 177 Å². The number of benzene rings is 4. The number of hydrogen-bond donors (Lipinski definition) is 2. The third-order valence-electron chi connectivity index (χ3n) is 11.7. The Morgan fingerprint density at radius 2 is 1.40 bits per heavy atom. The molecule has 2 N–H and O–H groups in total. The van der Waals surface area contributed by atoms with Crippen molar-refractivity contribution in [1.82, 2.24) is 14.5 Å². The van der Waals surface area contributed by atoms with Crippen LogP contribution in [0.3, 0.4) is 0 Å². The van der Waals surface area contributed by atoms with Crippen LogP contribution in [0.4, 0.5) is 5.95 Å². The molecule has 0 bridgehead atoms. The highest BCUT2D eigenvalue weighted by Crippen LogP contribution is 2.51. The van der Waals surface area contributed by atoms with Crippen LogP contribution in [0.15, 0.2) is 132 Å². The fourth-order valence-corrected chi connectivity index (χ4v) is 13.4. The average Bonchev–Trinajstić information content (AvgIpc) is 3.81. The van der Waals surface area contributed by atoms with Crippen LogP contribution in [0, 0.1) is 22.7 Å². The average molecular weight is 822 g/mol. The summed E-state index contributed by atoms with van der Waals surface area (Å²) in [4.78, 5) is 33.7. The SMILES string of the molecule is CC(C)C(=O)Nc1nc2c(c(C#N)cn2[C@H]2C[C@H](OC(c3ccccc3)(c3ccccc3)C(C)(C)C)[C@@H](CO[Si](c3ccccc3)(c3ccccc3)C(C)(C)C)O2)c(=O)[nH]1. The van der Waals surface area contributed by atoms with Crippen LogP contribution in [0.25, 0.3) is 11.0 Å². The van der Waals surface area contributed by atoms with Crippen molar-refractivity contribution in [3.8, 4) is 6.07 Å². The summed E-state index contributed by atoms with van der Waals surface area (Å²) in [5, 5.41) is 15.1. The Labute approximate surface area is 353 Å².